The maximum Gasteiger partial charge on any atom is 0.252 e. The van der Waals surface area contributed by atoms with E-state index in [0.29, 0.717) is 22.0 Å². The molecule has 37 heavy (non-hydrogen) atoms. The molecule has 5 rings (SSSR count). The van der Waals surface area contributed by atoms with E-state index in [1.54, 1.807) is 24.3 Å². The number of pyridine rings is 1. The molecule has 1 spiro atoms. The Bertz CT molecular complexity index is 1250. The number of benzene rings is 1. The standard InChI is InChI=1S/C25H25F3IN5O3/c26-14-7-16(11-31-10-14)33(23(37)19-5-6-20(35)34(19)30)21(17-3-1-2-4-18(17)29)22(36)32-15-8-24(9-15)12-25(27,28)13-24/h1-4,7,10-11,15,19,21H,5-6,8-9,12-13,30H2,(H,32,36)/t19-,21?/m0/s1. The molecule has 3 N–H and O–H groups in total. The highest BCUT2D eigenvalue weighted by Gasteiger charge is 2.62. The van der Waals surface area contributed by atoms with E-state index in [1.807, 2.05) is 22.6 Å². The first-order valence-electron chi connectivity index (χ1n) is 11.9. The fourth-order valence-electron chi connectivity index (χ4n) is 5.84. The molecule has 2 atom stereocenters. The van der Waals surface area contributed by atoms with Crippen LogP contribution in [0.25, 0.3) is 0 Å². The summed E-state index contributed by atoms with van der Waals surface area (Å²) in [5, 5.41) is 3.76. The molecule has 0 radical (unpaired) electrons. The summed E-state index contributed by atoms with van der Waals surface area (Å²) in [5.74, 6) is 0.912. The third-order valence-corrected chi connectivity index (χ3v) is 8.41. The number of carbonyl (C=O) groups is 3. The molecule has 3 amide bonds. The van der Waals surface area contributed by atoms with Crippen molar-refractivity contribution in [3.05, 3.63) is 57.7 Å². The van der Waals surface area contributed by atoms with Crippen molar-refractivity contribution >= 4 is 46.0 Å². The molecule has 1 saturated heterocycles. The maximum atomic E-state index is 14.3. The Labute approximate surface area is 224 Å². The van der Waals surface area contributed by atoms with E-state index in [4.69, 9.17) is 5.84 Å². The summed E-state index contributed by atoms with van der Waals surface area (Å²) in [6.45, 7) is 0. The van der Waals surface area contributed by atoms with Crippen LogP contribution in [0, 0.1) is 14.8 Å². The molecule has 1 aromatic heterocycles. The van der Waals surface area contributed by atoms with E-state index < -0.39 is 47.0 Å². The average molecular weight is 627 g/mol. The van der Waals surface area contributed by atoms with Crippen molar-refractivity contribution < 1.29 is 27.6 Å². The smallest absolute Gasteiger partial charge is 0.252 e. The third kappa shape index (κ3) is 4.92. The number of rotatable bonds is 6. The number of anilines is 1. The van der Waals surface area contributed by atoms with Crippen LogP contribution in [0.1, 0.15) is 50.1 Å². The molecule has 1 aliphatic heterocycles. The van der Waals surface area contributed by atoms with Gasteiger partial charge in [-0.05, 0) is 58.9 Å². The number of halogens is 4. The van der Waals surface area contributed by atoms with Gasteiger partial charge in [0, 0.05) is 34.9 Å². The van der Waals surface area contributed by atoms with Gasteiger partial charge in [0.05, 0.1) is 18.1 Å². The number of alkyl halides is 2. The van der Waals surface area contributed by atoms with E-state index >= 15 is 0 Å². The number of aromatic nitrogens is 1. The van der Waals surface area contributed by atoms with Crippen LogP contribution >= 0.6 is 22.6 Å². The molecule has 1 unspecified atom stereocenters. The van der Waals surface area contributed by atoms with Crippen LogP contribution in [0.2, 0.25) is 0 Å². The maximum absolute atomic E-state index is 14.3. The van der Waals surface area contributed by atoms with Crippen molar-refractivity contribution in [1.29, 1.82) is 0 Å². The molecule has 2 heterocycles. The Morgan fingerprint density at radius 3 is 2.51 bits per heavy atom. The van der Waals surface area contributed by atoms with Crippen molar-refractivity contribution in [1.82, 2.24) is 15.3 Å². The first-order chi connectivity index (χ1) is 17.5. The number of carbonyl (C=O) groups excluding carboxylic acids is 3. The van der Waals surface area contributed by atoms with E-state index in [-0.39, 0.29) is 37.4 Å². The highest BCUT2D eigenvalue weighted by atomic mass is 127. The fourth-order valence-corrected chi connectivity index (χ4v) is 6.52. The predicted octanol–water partition coefficient (Wildman–Crippen LogP) is 3.46. The Balaban J connectivity index is 1.50. The zero-order chi connectivity index (χ0) is 26.5. The number of hydrogen-bond acceptors (Lipinski definition) is 5. The van der Waals surface area contributed by atoms with Gasteiger partial charge < -0.3 is 5.32 Å². The molecule has 2 saturated carbocycles. The summed E-state index contributed by atoms with van der Waals surface area (Å²) < 4.78 is 41.9. The molecular weight excluding hydrogens is 602 g/mol. The van der Waals surface area contributed by atoms with Gasteiger partial charge in [-0.2, -0.15) is 0 Å². The number of nitrogens with two attached hydrogens (primary N) is 1. The van der Waals surface area contributed by atoms with Gasteiger partial charge in [0.1, 0.15) is 17.9 Å². The quantitative estimate of drug-likeness (QED) is 0.290. The monoisotopic (exact) mass is 627 g/mol. The summed E-state index contributed by atoms with van der Waals surface area (Å²) in [6, 6.07) is 5.43. The SMILES string of the molecule is NN1C(=O)CC[C@H]1C(=O)N(c1cncc(F)c1)C(C(=O)NC1CC2(C1)CC(F)(F)C2)c1ccccc1I. The summed E-state index contributed by atoms with van der Waals surface area (Å²) in [7, 11) is 0. The fraction of sp³-hybridized carbons (Fsp3) is 0.440. The van der Waals surface area contributed by atoms with Crippen LogP contribution in [-0.4, -0.2) is 45.7 Å². The third-order valence-electron chi connectivity index (χ3n) is 7.43. The minimum Gasteiger partial charge on any atom is -0.351 e. The topological polar surface area (TPSA) is 109 Å². The Kier molecular flexibility index (Phi) is 6.67. The molecule has 0 bridgehead atoms. The van der Waals surface area contributed by atoms with Crippen LogP contribution in [0.5, 0.6) is 0 Å². The zero-order valence-electron chi connectivity index (χ0n) is 19.7. The highest BCUT2D eigenvalue weighted by molar-refractivity contribution is 14.1. The van der Waals surface area contributed by atoms with Crippen molar-refractivity contribution in [2.24, 2.45) is 11.3 Å². The van der Waals surface area contributed by atoms with Crippen molar-refractivity contribution in [2.45, 2.75) is 62.6 Å². The lowest BCUT2D eigenvalue weighted by atomic mass is 9.52. The molecule has 196 valence electrons. The lowest BCUT2D eigenvalue weighted by molar-refractivity contribution is -0.198. The molecule has 2 aromatic rings. The normalized spacial score (nSPS) is 22.8. The summed E-state index contributed by atoms with van der Waals surface area (Å²) in [5.41, 5.74) is 0.0567. The van der Waals surface area contributed by atoms with E-state index in [0.717, 1.165) is 22.2 Å². The van der Waals surface area contributed by atoms with Crippen molar-refractivity contribution in [3.8, 4) is 0 Å². The zero-order valence-corrected chi connectivity index (χ0v) is 21.8. The largest absolute Gasteiger partial charge is 0.351 e. The minimum absolute atomic E-state index is 0.0290. The van der Waals surface area contributed by atoms with Crippen molar-refractivity contribution in [3.63, 3.8) is 0 Å². The van der Waals surface area contributed by atoms with E-state index in [1.165, 1.54) is 6.20 Å². The molecule has 12 heteroatoms. The van der Waals surface area contributed by atoms with Gasteiger partial charge in [0.2, 0.25) is 17.7 Å². The van der Waals surface area contributed by atoms with Gasteiger partial charge in [0.15, 0.2) is 0 Å². The minimum atomic E-state index is -2.65. The van der Waals surface area contributed by atoms with Gasteiger partial charge in [-0.25, -0.2) is 19.0 Å². The molecule has 1 aromatic carbocycles. The Morgan fingerprint density at radius 2 is 1.92 bits per heavy atom. The average Bonchev–Trinajstić information content (AvgIpc) is 3.13. The number of nitrogens with zero attached hydrogens (tertiary/aromatic N) is 3. The van der Waals surface area contributed by atoms with Gasteiger partial charge in [0.25, 0.3) is 5.91 Å². The summed E-state index contributed by atoms with van der Waals surface area (Å²) in [4.78, 5) is 44.8. The predicted molar refractivity (Wildman–Crippen MR) is 135 cm³/mol. The molecule has 2 aliphatic carbocycles. The molecule has 3 fully saturated rings. The van der Waals surface area contributed by atoms with Crippen LogP contribution in [0.3, 0.4) is 0 Å². The lowest BCUT2D eigenvalue weighted by Crippen LogP contribution is -2.61. The van der Waals surface area contributed by atoms with Gasteiger partial charge in [-0.1, -0.05) is 18.2 Å². The highest BCUT2D eigenvalue weighted by Crippen LogP contribution is 2.62. The second-order valence-corrected chi connectivity index (χ2v) is 11.3. The van der Waals surface area contributed by atoms with Crippen LogP contribution < -0.4 is 16.1 Å². The van der Waals surface area contributed by atoms with Gasteiger partial charge in [-0.3, -0.25) is 29.3 Å². The Morgan fingerprint density at radius 1 is 1.22 bits per heavy atom. The van der Waals surface area contributed by atoms with E-state index in [9.17, 15) is 27.6 Å². The summed E-state index contributed by atoms with van der Waals surface area (Å²) in [6.07, 6.45) is 2.94. The van der Waals surface area contributed by atoms with Gasteiger partial charge >= 0.3 is 0 Å². The summed E-state index contributed by atoms with van der Waals surface area (Å²) >= 11 is 2.05. The van der Waals surface area contributed by atoms with E-state index in [2.05, 4.69) is 10.3 Å². The Hall–Kier alpha value is -2.74. The number of amides is 3. The second-order valence-electron chi connectivity index (χ2n) is 10.2. The number of hydrazine groups is 1. The van der Waals surface area contributed by atoms with Crippen LogP contribution in [0.15, 0.2) is 42.7 Å². The van der Waals surface area contributed by atoms with Crippen LogP contribution in [-0.2, 0) is 14.4 Å². The molecule has 3 aliphatic rings. The number of nitrogens with one attached hydrogen (secondary N) is 1. The van der Waals surface area contributed by atoms with Crippen LogP contribution in [0.4, 0.5) is 18.9 Å². The first kappa shape index (κ1) is 25.9. The second kappa shape index (κ2) is 9.53. The first-order valence-corrected chi connectivity index (χ1v) is 13.0. The number of hydrogen-bond donors (Lipinski definition) is 2. The molecule has 8 nitrogen and oxygen atoms in total. The van der Waals surface area contributed by atoms with Crippen molar-refractivity contribution in [2.75, 3.05) is 4.90 Å². The molecular formula is C25H25F3IN5O3. The lowest BCUT2D eigenvalue weighted by Gasteiger charge is -2.57. The van der Waals surface area contributed by atoms with Gasteiger partial charge in [-0.15, -0.1) is 0 Å².